The second kappa shape index (κ2) is 5.38. The molecule has 2 nitrogen and oxygen atoms in total. The average molecular weight is 184 g/mol. The number of hydrogen-bond donors (Lipinski definition) is 0. The monoisotopic (exact) mass is 184 g/mol. The Kier molecular flexibility index (Phi) is 4.43. The van der Waals surface area contributed by atoms with Crippen molar-refractivity contribution in [3.05, 3.63) is 0 Å². The molecule has 1 saturated heterocycles. The van der Waals surface area contributed by atoms with Crippen LogP contribution in [-0.4, -0.2) is 19.0 Å². The fraction of sp³-hybridized carbons (Fsp3) is 0.909. The molecule has 0 aromatic heterocycles. The molecule has 0 spiro atoms. The van der Waals surface area contributed by atoms with Gasteiger partial charge in [-0.05, 0) is 25.2 Å². The molecule has 1 fully saturated rings. The summed E-state index contributed by atoms with van der Waals surface area (Å²) in [5.41, 5.74) is 0. The van der Waals surface area contributed by atoms with Crippen LogP contribution < -0.4 is 0 Å². The Bertz CT molecular complexity index is 159. The zero-order valence-corrected chi connectivity index (χ0v) is 8.71. The number of ketones is 1. The van der Waals surface area contributed by atoms with E-state index in [0.29, 0.717) is 12.2 Å². The van der Waals surface area contributed by atoms with Gasteiger partial charge in [-0.1, -0.05) is 13.8 Å². The van der Waals surface area contributed by atoms with E-state index in [1.807, 2.05) is 6.92 Å². The SMILES string of the molecule is CCC(=O)C(C)CC1CCOCC1. The van der Waals surface area contributed by atoms with E-state index >= 15 is 0 Å². The summed E-state index contributed by atoms with van der Waals surface area (Å²) in [6.45, 7) is 5.78. The highest BCUT2D eigenvalue weighted by atomic mass is 16.5. The normalized spacial score (nSPS) is 21.4. The summed E-state index contributed by atoms with van der Waals surface area (Å²) in [6.07, 6.45) is 4.03. The van der Waals surface area contributed by atoms with Crippen molar-refractivity contribution in [1.29, 1.82) is 0 Å². The van der Waals surface area contributed by atoms with Gasteiger partial charge in [-0.25, -0.2) is 0 Å². The summed E-state index contributed by atoms with van der Waals surface area (Å²) in [5, 5.41) is 0. The topological polar surface area (TPSA) is 26.3 Å². The minimum absolute atomic E-state index is 0.257. The van der Waals surface area contributed by atoms with Crippen molar-refractivity contribution in [1.82, 2.24) is 0 Å². The molecule has 1 aliphatic rings. The molecule has 1 heterocycles. The van der Waals surface area contributed by atoms with Crippen LogP contribution >= 0.6 is 0 Å². The van der Waals surface area contributed by atoms with Gasteiger partial charge < -0.3 is 4.74 Å². The quantitative estimate of drug-likeness (QED) is 0.670. The van der Waals surface area contributed by atoms with Crippen molar-refractivity contribution in [2.75, 3.05) is 13.2 Å². The van der Waals surface area contributed by atoms with Crippen molar-refractivity contribution in [3.63, 3.8) is 0 Å². The second-order valence-corrected chi connectivity index (χ2v) is 4.01. The number of Topliss-reactive ketones (excluding diaryl/α,β-unsaturated/α-hetero) is 1. The van der Waals surface area contributed by atoms with E-state index < -0.39 is 0 Å². The smallest absolute Gasteiger partial charge is 0.135 e. The van der Waals surface area contributed by atoms with E-state index in [1.54, 1.807) is 0 Å². The first kappa shape index (κ1) is 10.7. The van der Waals surface area contributed by atoms with Gasteiger partial charge in [-0.2, -0.15) is 0 Å². The van der Waals surface area contributed by atoms with Crippen LogP contribution in [0.2, 0.25) is 0 Å². The number of hydrogen-bond acceptors (Lipinski definition) is 2. The number of carbonyl (C=O) groups excluding carboxylic acids is 1. The lowest BCUT2D eigenvalue weighted by molar-refractivity contribution is -0.122. The molecular weight excluding hydrogens is 164 g/mol. The standard InChI is InChI=1S/C11H20O2/c1-3-11(12)9(2)8-10-4-6-13-7-5-10/h9-10H,3-8H2,1-2H3. The second-order valence-electron chi connectivity index (χ2n) is 4.01. The van der Waals surface area contributed by atoms with Gasteiger partial charge in [-0.3, -0.25) is 4.79 Å². The summed E-state index contributed by atoms with van der Waals surface area (Å²) in [5.74, 6) is 1.39. The van der Waals surface area contributed by atoms with Gasteiger partial charge in [0.25, 0.3) is 0 Å². The lowest BCUT2D eigenvalue weighted by Gasteiger charge is -2.24. The van der Waals surface area contributed by atoms with Crippen LogP contribution in [0.1, 0.15) is 39.5 Å². The molecule has 13 heavy (non-hydrogen) atoms. The zero-order valence-electron chi connectivity index (χ0n) is 8.71. The first-order chi connectivity index (χ1) is 6.24. The molecule has 0 bridgehead atoms. The minimum atomic E-state index is 0.257. The Hall–Kier alpha value is -0.370. The molecule has 0 amide bonds. The van der Waals surface area contributed by atoms with Gasteiger partial charge in [0, 0.05) is 25.6 Å². The van der Waals surface area contributed by atoms with Crippen LogP contribution in [0, 0.1) is 11.8 Å². The summed E-state index contributed by atoms with van der Waals surface area (Å²) < 4.78 is 5.28. The highest BCUT2D eigenvalue weighted by Gasteiger charge is 2.19. The Morgan fingerprint density at radius 3 is 2.62 bits per heavy atom. The molecular formula is C11H20O2. The zero-order chi connectivity index (χ0) is 9.68. The molecule has 2 heteroatoms. The maximum absolute atomic E-state index is 11.4. The van der Waals surface area contributed by atoms with Crippen molar-refractivity contribution in [2.24, 2.45) is 11.8 Å². The molecule has 1 unspecified atom stereocenters. The van der Waals surface area contributed by atoms with Crippen LogP contribution in [0.3, 0.4) is 0 Å². The van der Waals surface area contributed by atoms with Crippen molar-refractivity contribution >= 4 is 5.78 Å². The molecule has 1 atom stereocenters. The summed E-state index contributed by atoms with van der Waals surface area (Å²) >= 11 is 0. The van der Waals surface area contributed by atoms with Crippen LogP contribution in [0.5, 0.6) is 0 Å². The Morgan fingerprint density at radius 1 is 1.46 bits per heavy atom. The number of rotatable bonds is 4. The maximum atomic E-state index is 11.4. The van der Waals surface area contributed by atoms with Crippen LogP contribution in [-0.2, 0) is 9.53 Å². The summed E-state index contributed by atoms with van der Waals surface area (Å²) in [6, 6.07) is 0. The van der Waals surface area contributed by atoms with Gasteiger partial charge in [0.1, 0.15) is 5.78 Å². The molecule has 1 rings (SSSR count). The van der Waals surface area contributed by atoms with E-state index in [2.05, 4.69) is 6.92 Å². The largest absolute Gasteiger partial charge is 0.381 e. The van der Waals surface area contributed by atoms with E-state index in [4.69, 9.17) is 4.74 Å². The molecule has 0 aromatic carbocycles. The molecule has 0 N–H and O–H groups in total. The molecule has 1 aliphatic heterocycles. The lowest BCUT2D eigenvalue weighted by Crippen LogP contribution is -2.20. The predicted octanol–water partition coefficient (Wildman–Crippen LogP) is 2.42. The third-order valence-corrected chi connectivity index (χ3v) is 2.93. The molecule has 0 saturated carbocycles. The Morgan fingerprint density at radius 2 is 2.08 bits per heavy atom. The van der Waals surface area contributed by atoms with Gasteiger partial charge in [0.05, 0.1) is 0 Å². The van der Waals surface area contributed by atoms with Crippen LogP contribution in [0.4, 0.5) is 0 Å². The fourth-order valence-corrected chi connectivity index (χ4v) is 1.96. The van der Waals surface area contributed by atoms with E-state index in [0.717, 1.165) is 38.4 Å². The maximum Gasteiger partial charge on any atom is 0.135 e. The number of carbonyl (C=O) groups is 1. The Labute approximate surface area is 80.7 Å². The number of ether oxygens (including phenoxy) is 1. The molecule has 76 valence electrons. The van der Waals surface area contributed by atoms with Gasteiger partial charge in [0.15, 0.2) is 0 Å². The third kappa shape index (κ3) is 3.47. The highest BCUT2D eigenvalue weighted by molar-refractivity contribution is 5.80. The van der Waals surface area contributed by atoms with Crippen LogP contribution in [0.15, 0.2) is 0 Å². The van der Waals surface area contributed by atoms with E-state index in [9.17, 15) is 4.79 Å². The molecule has 0 aromatic rings. The molecule has 0 radical (unpaired) electrons. The summed E-state index contributed by atoms with van der Waals surface area (Å²) in [4.78, 5) is 11.4. The average Bonchev–Trinajstić information content (AvgIpc) is 2.18. The van der Waals surface area contributed by atoms with Gasteiger partial charge in [-0.15, -0.1) is 0 Å². The van der Waals surface area contributed by atoms with E-state index in [-0.39, 0.29) is 5.92 Å². The predicted molar refractivity (Wildman–Crippen MR) is 52.6 cm³/mol. The Balaban J connectivity index is 2.25. The fourth-order valence-electron chi connectivity index (χ4n) is 1.96. The minimum Gasteiger partial charge on any atom is -0.381 e. The van der Waals surface area contributed by atoms with Crippen molar-refractivity contribution in [2.45, 2.75) is 39.5 Å². The van der Waals surface area contributed by atoms with Crippen molar-refractivity contribution in [3.8, 4) is 0 Å². The van der Waals surface area contributed by atoms with E-state index in [1.165, 1.54) is 0 Å². The van der Waals surface area contributed by atoms with Gasteiger partial charge in [0.2, 0.25) is 0 Å². The first-order valence-electron chi connectivity index (χ1n) is 5.34. The van der Waals surface area contributed by atoms with Crippen LogP contribution in [0.25, 0.3) is 0 Å². The highest BCUT2D eigenvalue weighted by Crippen LogP contribution is 2.23. The molecule has 0 aliphatic carbocycles. The third-order valence-electron chi connectivity index (χ3n) is 2.93. The summed E-state index contributed by atoms with van der Waals surface area (Å²) in [7, 11) is 0. The van der Waals surface area contributed by atoms with Gasteiger partial charge >= 0.3 is 0 Å². The van der Waals surface area contributed by atoms with Crippen molar-refractivity contribution < 1.29 is 9.53 Å². The lowest BCUT2D eigenvalue weighted by atomic mass is 9.87. The first-order valence-corrected chi connectivity index (χ1v) is 5.34.